The average Bonchev–Trinajstić information content (AvgIpc) is 3.43. The molecule has 0 bridgehead atoms. The van der Waals surface area contributed by atoms with Crippen LogP contribution in [0.15, 0.2) is 158 Å². The summed E-state index contributed by atoms with van der Waals surface area (Å²) < 4.78 is 2.35. The second-order valence-electron chi connectivity index (χ2n) is 10.5. The van der Waals surface area contributed by atoms with Crippen LogP contribution in [0.3, 0.4) is 0 Å². The lowest BCUT2D eigenvalue weighted by Gasteiger charge is -2.13. The van der Waals surface area contributed by atoms with Gasteiger partial charge in [0.05, 0.1) is 11.0 Å². The molecule has 4 heteroatoms. The Morgan fingerprint density at radius 2 is 0.860 bits per heavy atom. The molecule has 0 amide bonds. The Hall–Kier alpha value is -5.87. The highest BCUT2D eigenvalue weighted by molar-refractivity contribution is 6.16. The number of fused-ring (bicyclic) bond motifs is 3. The largest absolute Gasteiger partial charge is 0.309 e. The Balaban J connectivity index is 1.50. The topological polar surface area (TPSA) is 43.6 Å². The fraction of sp³-hybridized carbons (Fsp3) is 0. The molecule has 8 aromatic rings. The molecular formula is C39H26N4. The first-order valence-electron chi connectivity index (χ1n) is 14.4. The van der Waals surface area contributed by atoms with Crippen LogP contribution < -0.4 is 0 Å². The van der Waals surface area contributed by atoms with Gasteiger partial charge in [-0.05, 0) is 41.5 Å². The summed E-state index contributed by atoms with van der Waals surface area (Å²) in [7, 11) is 0. The van der Waals surface area contributed by atoms with E-state index in [1.807, 2.05) is 66.7 Å². The fourth-order valence-electron chi connectivity index (χ4n) is 5.85. The summed E-state index contributed by atoms with van der Waals surface area (Å²) in [6.07, 6.45) is 0. The number of para-hydroxylation sites is 2. The van der Waals surface area contributed by atoms with Crippen LogP contribution in [0.4, 0.5) is 0 Å². The maximum atomic E-state index is 5.14. The Morgan fingerprint density at radius 3 is 1.47 bits per heavy atom. The second-order valence-corrected chi connectivity index (χ2v) is 10.5. The summed E-state index contributed by atoms with van der Waals surface area (Å²) in [5.74, 6) is 1.94. The zero-order valence-corrected chi connectivity index (χ0v) is 23.3. The van der Waals surface area contributed by atoms with Crippen molar-refractivity contribution < 1.29 is 0 Å². The lowest BCUT2D eigenvalue weighted by molar-refractivity contribution is 1.08. The fourth-order valence-corrected chi connectivity index (χ4v) is 5.85. The van der Waals surface area contributed by atoms with Gasteiger partial charge in [0.2, 0.25) is 0 Å². The molecule has 0 aliphatic carbocycles. The van der Waals surface area contributed by atoms with E-state index in [9.17, 15) is 0 Å². The highest BCUT2D eigenvalue weighted by Gasteiger charge is 2.21. The van der Waals surface area contributed by atoms with Crippen molar-refractivity contribution in [3.8, 4) is 51.0 Å². The molecule has 2 heterocycles. The van der Waals surface area contributed by atoms with Crippen LogP contribution in [0.2, 0.25) is 0 Å². The third-order valence-electron chi connectivity index (χ3n) is 7.83. The third-order valence-corrected chi connectivity index (χ3v) is 7.83. The van der Waals surface area contributed by atoms with Crippen LogP contribution in [0.1, 0.15) is 0 Å². The van der Waals surface area contributed by atoms with Crippen molar-refractivity contribution in [1.29, 1.82) is 0 Å². The summed E-state index contributed by atoms with van der Waals surface area (Å²) in [5.41, 5.74) is 8.45. The average molecular weight is 551 g/mol. The first-order valence-corrected chi connectivity index (χ1v) is 14.4. The van der Waals surface area contributed by atoms with E-state index in [-0.39, 0.29) is 0 Å². The molecule has 0 saturated carbocycles. The minimum Gasteiger partial charge on any atom is -0.309 e. The van der Waals surface area contributed by atoms with Crippen molar-refractivity contribution in [2.24, 2.45) is 0 Å². The Labute approximate surface area is 249 Å². The van der Waals surface area contributed by atoms with Crippen LogP contribution >= 0.6 is 0 Å². The van der Waals surface area contributed by atoms with Crippen LogP contribution in [-0.4, -0.2) is 19.5 Å². The van der Waals surface area contributed by atoms with Gasteiger partial charge in [-0.2, -0.15) is 0 Å². The number of aromatic nitrogens is 4. The van der Waals surface area contributed by atoms with E-state index in [0.29, 0.717) is 17.5 Å². The molecule has 202 valence electrons. The van der Waals surface area contributed by atoms with Gasteiger partial charge in [0.15, 0.2) is 17.5 Å². The smallest absolute Gasteiger partial charge is 0.164 e. The Kier molecular flexibility index (Phi) is 6.08. The van der Waals surface area contributed by atoms with Crippen LogP contribution in [-0.2, 0) is 0 Å². The molecule has 0 fully saturated rings. The Morgan fingerprint density at radius 1 is 0.372 bits per heavy atom. The van der Waals surface area contributed by atoms with Gasteiger partial charge >= 0.3 is 0 Å². The lowest BCUT2D eigenvalue weighted by atomic mass is 9.98. The highest BCUT2D eigenvalue weighted by atomic mass is 15.0. The zero-order chi connectivity index (χ0) is 28.6. The molecule has 0 aliphatic rings. The van der Waals surface area contributed by atoms with Crippen molar-refractivity contribution in [3.05, 3.63) is 158 Å². The molecule has 8 rings (SSSR count). The second kappa shape index (κ2) is 10.5. The third kappa shape index (κ3) is 4.46. The SMILES string of the molecule is c1ccc(-c2cc(-c3nc(-c4ccccc4)nc(-c4ccccc4)n3)c3c4ccccc4n(-c4ccccc4)c3c2)cc1. The molecule has 4 nitrogen and oxygen atoms in total. The molecule has 0 radical (unpaired) electrons. The van der Waals surface area contributed by atoms with E-state index in [4.69, 9.17) is 15.0 Å². The molecule has 43 heavy (non-hydrogen) atoms. The number of rotatable bonds is 5. The predicted molar refractivity (Wildman–Crippen MR) is 176 cm³/mol. The summed E-state index contributed by atoms with van der Waals surface area (Å²) >= 11 is 0. The number of nitrogens with zero attached hydrogens (tertiary/aromatic N) is 4. The summed E-state index contributed by atoms with van der Waals surface area (Å²) in [5, 5.41) is 2.27. The normalized spacial score (nSPS) is 11.3. The van der Waals surface area contributed by atoms with Crippen molar-refractivity contribution in [2.75, 3.05) is 0 Å². The van der Waals surface area contributed by atoms with Crippen LogP contribution in [0, 0.1) is 0 Å². The molecular weight excluding hydrogens is 524 g/mol. The zero-order valence-electron chi connectivity index (χ0n) is 23.3. The number of hydrogen-bond donors (Lipinski definition) is 0. The van der Waals surface area contributed by atoms with Crippen molar-refractivity contribution in [3.63, 3.8) is 0 Å². The molecule has 0 unspecified atom stereocenters. The molecule has 0 spiro atoms. The summed E-state index contributed by atoms with van der Waals surface area (Å²) in [4.78, 5) is 15.2. The number of benzene rings is 6. The summed E-state index contributed by atoms with van der Waals surface area (Å²) in [6, 6.07) is 54.4. The van der Waals surface area contributed by atoms with E-state index in [1.54, 1.807) is 0 Å². The van der Waals surface area contributed by atoms with E-state index in [1.165, 1.54) is 0 Å². The first-order chi connectivity index (χ1) is 21.3. The van der Waals surface area contributed by atoms with Crippen LogP contribution in [0.25, 0.3) is 72.8 Å². The maximum absolute atomic E-state index is 5.14. The van der Waals surface area contributed by atoms with Gasteiger partial charge < -0.3 is 4.57 Å². The van der Waals surface area contributed by atoms with E-state index in [0.717, 1.165) is 55.3 Å². The van der Waals surface area contributed by atoms with Crippen LogP contribution in [0.5, 0.6) is 0 Å². The van der Waals surface area contributed by atoms with Gasteiger partial charge in [-0.15, -0.1) is 0 Å². The maximum Gasteiger partial charge on any atom is 0.164 e. The quantitative estimate of drug-likeness (QED) is 0.214. The van der Waals surface area contributed by atoms with Gasteiger partial charge in [0.25, 0.3) is 0 Å². The number of hydrogen-bond acceptors (Lipinski definition) is 3. The van der Waals surface area contributed by atoms with Gasteiger partial charge in [-0.1, -0.05) is 127 Å². The van der Waals surface area contributed by atoms with E-state index >= 15 is 0 Å². The molecule has 0 N–H and O–H groups in total. The molecule has 2 aromatic heterocycles. The molecule has 0 aliphatic heterocycles. The van der Waals surface area contributed by atoms with E-state index in [2.05, 4.69) is 95.6 Å². The Bertz CT molecular complexity index is 2150. The van der Waals surface area contributed by atoms with Crippen molar-refractivity contribution in [1.82, 2.24) is 19.5 Å². The first kappa shape index (κ1) is 24.9. The van der Waals surface area contributed by atoms with Crippen molar-refractivity contribution in [2.45, 2.75) is 0 Å². The molecule has 6 aromatic carbocycles. The van der Waals surface area contributed by atoms with Crippen molar-refractivity contribution >= 4 is 21.8 Å². The molecule has 0 saturated heterocycles. The van der Waals surface area contributed by atoms with Gasteiger partial charge in [0.1, 0.15) is 0 Å². The monoisotopic (exact) mass is 550 g/mol. The molecule has 0 atom stereocenters. The highest BCUT2D eigenvalue weighted by Crippen LogP contribution is 2.41. The van der Waals surface area contributed by atoms with Gasteiger partial charge in [-0.25, -0.2) is 15.0 Å². The minimum absolute atomic E-state index is 0.645. The van der Waals surface area contributed by atoms with Gasteiger partial charge in [0, 0.05) is 33.2 Å². The van der Waals surface area contributed by atoms with E-state index < -0.39 is 0 Å². The van der Waals surface area contributed by atoms with Gasteiger partial charge in [-0.3, -0.25) is 0 Å². The predicted octanol–water partition coefficient (Wildman–Crippen LogP) is 9.64. The summed E-state index contributed by atoms with van der Waals surface area (Å²) in [6.45, 7) is 0. The standard InChI is InChI=1S/C39H26N4/c1-5-15-27(16-6-1)30-25-33(36-32-23-13-14-24-34(32)43(35(36)26-30)31-21-11-4-12-22-31)39-41-37(28-17-7-2-8-18-28)40-38(42-39)29-19-9-3-10-20-29/h1-26H. The minimum atomic E-state index is 0.645. The lowest BCUT2D eigenvalue weighted by Crippen LogP contribution is -2.01.